The van der Waals surface area contributed by atoms with Crippen LogP contribution in [0.15, 0.2) is 11.6 Å². The van der Waals surface area contributed by atoms with E-state index in [0.29, 0.717) is 24.3 Å². The van der Waals surface area contributed by atoms with E-state index in [0.717, 1.165) is 19.5 Å². The number of nitrogens with one attached hydrogen (secondary N) is 1. The van der Waals surface area contributed by atoms with Gasteiger partial charge in [-0.25, -0.2) is 4.79 Å². The first-order valence-corrected chi connectivity index (χ1v) is 13.0. The van der Waals surface area contributed by atoms with Crippen LogP contribution in [0, 0.1) is 11.3 Å². The van der Waals surface area contributed by atoms with Crippen LogP contribution in [0.1, 0.15) is 88.0 Å². The first-order chi connectivity index (χ1) is 15.3. The maximum Gasteiger partial charge on any atom is 0.333 e. The molecule has 1 saturated heterocycles. The Bertz CT molecular complexity index is 653. The fourth-order valence-corrected chi connectivity index (χ4v) is 4.75. The summed E-state index contributed by atoms with van der Waals surface area (Å²) < 4.78 is 5.14. The number of likely N-dealkylation sites (tertiary alicyclic amines) is 1. The Kier molecular flexibility index (Phi) is 12.1. The topological polar surface area (TPSA) is 61.9 Å². The molecule has 0 aliphatic carbocycles. The van der Waals surface area contributed by atoms with Crippen LogP contribution < -0.4 is 5.32 Å². The van der Waals surface area contributed by atoms with Crippen LogP contribution in [0.3, 0.4) is 0 Å². The Balaban J connectivity index is 3.05. The van der Waals surface area contributed by atoms with Crippen molar-refractivity contribution < 1.29 is 14.3 Å². The van der Waals surface area contributed by atoms with E-state index in [1.807, 2.05) is 18.0 Å². The molecule has 4 atom stereocenters. The highest BCUT2D eigenvalue weighted by Gasteiger charge is 2.37. The van der Waals surface area contributed by atoms with Gasteiger partial charge in [0.2, 0.25) is 5.91 Å². The maximum atomic E-state index is 13.8. The maximum absolute atomic E-state index is 13.8. The van der Waals surface area contributed by atoms with Crippen LogP contribution in [0.4, 0.5) is 0 Å². The molecule has 1 heterocycles. The number of amides is 1. The molecule has 33 heavy (non-hydrogen) atoms. The summed E-state index contributed by atoms with van der Waals surface area (Å²) in [5.74, 6) is -0.0832. The number of carbonyl (C=O) groups excluding carboxylic acids is 2. The molecule has 1 aliphatic heterocycles. The molecule has 0 spiro atoms. The first kappa shape index (κ1) is 29.6. The summed E-state index contributed by atoms with van der Waals surface area (Å²) in [4.78, 5) is 30.4. The molecular weight excluding hydrogens is 414 g/mol. The first-order valence-electron chi connectivity index (χ1n) is 13.0. The van der Waals surface area contributed by atoms with E-state index >= 15 is 0 Å². The average molecular weight is 466 g/mol. The van der Waals surface area contributed by atoms with E-state index in [1.54, 1.807) is 13.8 Å². The lowest BCUT2D eigenvalue weighted by atomic mass is 9.84. The summed E-state index contributed by atoms with van der Waals surface area (Å²) in [7, 11) is 1.86. The molecule has 1 aliphatic rings. The van der Waals surface area contributed by atoms with Crippen molar-refractivity contribution >= 4 is 11.9 Å². The minimum Gasteiger partial charge on any atom is -0.463 e. The van der Waals surface area contributed by atoms with Crippen molar-refractivity contribution in [2.24, 2.45) is 11.3 Å². The minimum absolute atomic E-state index is 0.0695. The highest BCUT2D eigenvalue weighted by Crippen LogP contribution is 2.25. The Morgan fingerprint density at radius 2 is 1.82 bits per heavy atom. The van der Waals surface area contributed by atoms with Crippen molar-refractivity contribution in [3.05, 3.63) is 11.6 Å². The Hall–Kier alpha value is -1.40. The molecule has 192 valence electrons. The number of nitrogens with zero attached hydrogens (tertiary/aromatic N) is 2. The molecule has 0 aromatic heterocycles. The van der Waals surface area contributed by atoms with Crippen molar-refractivity contribution in [3.8, 4) is 0 Å². The van der Waals surface area contributed by atoms with Gasteiger partial charge in [-0.3, -0.25) is 9.69 Å². The molecule has 0 bridgehead atoms. The second kappa shape index (κ2) is 13.5. The lowest BCUT2D eigenvalue weighted by Crippen LogP contribution is -2.58. The number of likely N-dealkylation sites (N-methyl/N-ethyl adjacent to an activating group) is 1. The normalized spacial score (nSPS) is 20.9. The van der Waals surface area contributed by atoms with Crippen molar-refractivity contribution in [2.75, 3.05) is 26.7 Å². The molecule has 1 N–H and O–H groups in total. The van der Waals surface area contributed by atoms with E-state index in [9.17, 15) is 9.59 Å². The highest BCUT2D eigenvalue weighted by atomic mass is 16.5. The van der Waals surface area contributed by atoms with Crippen LogP contribution in [-0.2, 0) is 14.3 Å². The second-order valence-electron chi connectivity index (χ2n) is 11.1. The zero-order valence-corrected chi connectivity index (χ0v) is 23.0. The summed E-state index contributed by atoms with van der Waals surface area (Å²) in [5.41, 5.74) is 0.310. The van der Waals surface area contributed by atoms with Crippen LogP contribution in [-0.4, -0.2) is 72.6 Å². The Morgan fingerprint density at radius 1 is 1.18 bits per heavy atom. The number of hydrogen-bond donors (Lipinski definition) is 1. The Labute approximate surface area is 203 Å². The van der Waals surface area contributed by atoms with Gasteiger partial charge in [0, 0.05) is 31.2 Å². The van der Waals surface area contributed by atoms with Gasteiger partial charge in [0.05, 0.1) is 18.7 Å². The molecule has 1 fully saturated rings. The van der Waals surface area contributed by atoms with Crippen molar-refractivity contribution in [3.63, 3.8) is 0 Å². The van der Waals surface area contributed by atoms with Gasteiger partial charge >= 0.3 is 5.97 Å². The molecule has 1 amide bonds. The van der Waals surface area contributed by atoms with Gasteiger partial charge in [-0.05, 0) is 57.9 Å². The van der Waals surface area contributed by atoms with Crippen molar-refractivity contribution in [2.45, 2.75) is 112 Å². The van der Waals surface area contributed by atoms with Gasteiger partial charge in [0.25, 0.3) is 0 Å². The lowest BCUT2D eigenvalue weighted by molar-refractivity contribution is -0.139. The van der Waals surface area contributed by atoms with E-state index in [-0.39, 0.29) is 35.3 Å². The molecule has 6 heteroatoms. The fraction of sp³-hybridized carbons (Fsp3) is 0.852. The molecule has 0 saturated carbocycles. The van der Waals surface area contributed by atoms with Gasteiger partial charge in [-0.1, -0.05) is 54.0 Å². The van der Waals surface area contributed by atoms with Crippen molar-refractivity contribution in [1.82, 2.24) is 15.1 Å². The SMILES string of the molecule is CCOC(=O)/C(C)=C/[C@H](C(C)C)N(C)C(=O)C(NCC1CCCCN1C(C)CC)C(C)(C)C. The summed E-state index contributed by atoms with van der Waals surface area (Å²) in [6.45, 7) is 20.9. The van der Waals surface area contributed by atoms with Crippen LogP contribution >= 0.6 is 0 Å². The fourth-order valence-electron chi connectivity index (χ4n) is 4.75. The van der Waals surface area contributed by atoms with E-state index in [1.165, 1.54) is 19.3 Å². The molecule has 6 nitrogen and oxygen atoms in total. The average Bonchev–Trinajstić information content (AvgIpc) is 2.75. The zero-order valence-electron chi connectivity index (χ0n) is 23.0. The summed E-state index contributed by atoms with van der Waals surface area (Å²) >= 11 is 0. The Morgan fingerprint density at radius 3 is 2.33 bits per heavy atom. The third-order valence-corrected chi connectivity index (χ3v) is 7.00. The zero-order chi connectivity index (χ0) is 25.3. The number of piperidine rings is 1. The third kappa shape index (κ3) is 8.71. The molecular formula is C27H51N3O3. The molecule has 0 radical (unpaired) electrons. The van der Waals surface area contributed by atoms with Crippen LogP contribution in [0.2, 0.25) is 0 Å². The molecule has 0 aromatic carbocycles. The standard InChI is InChI=1S/C27H51N3O3/c1-11-21(6)30-16-14-13-15-22(30)18-28-24(27(7,8)9)25(31)29(10)23(19(3)4)17-20(5)26(32)33-12-2/h17,19,21-24,28H,11-16,18H2,1-10H3/b20-17+/t21?,22?,23-,24?/m1/s1. The van der Waals surface area contributed by atoms with E-state index in [4.69, 9.17) is 4.74 Å². The van der Waals surface area contributed by atoms with Gasteiger partial charge in [-0.15, -0.1) is 0 Å². The van der Waals surface area contributed by atoms with Gasteiger partial charge in [0.15, 0.2) is 0 Å². The summed E-state index contributed by atoms with van der Waals surface area (Å²) in [5, 5.41) is 3.66. The second-order valence-corrected chi connectivity index (χ2v) is 11.1. The lowest BCUT2D eigenvalue weighted by Gasteiger charge is -2.42. The quantitative estimate of drug-likeness (QED) is 0.356. The smallest absolute Gasteiger partial charge is 0.333 e. The van der Waals surface area contributed by atoms with Crippen LogP contribution in [0.5, 0.6) is 0 Å². The summed E-state index contributed by atoms with van der Waals surface area (Å²) in [6, 6.07) is 0.536. The number of ether oxygens (including phenoxy) is 1. The minimum atomic E-state index is -0.322. The largest absolute Gasteiger partial charge is 0.463 e. The number of carbonyl (C=O) groups is 2. The monoisotopic (exact) mass is 465 g/mol. The number of rotatable bonds is 11. The third-order valence-electron chi connectivity index (χ3n) is 7.00. The summed E-state index contributed by atoms with van der Waals surface area (Å²) in [6.07, 6.45) is 6.71. The molecule has 3 unspecified atom stereocenters. The predicted octanol–water partition coefficient (Wildman–Crippen LogP) is 4.64. The number of esters is 1. The van der Waals surface area contributed by atoms with Gasteiger partial charge < -0.3 is 15.0 Å². The molecule has 1 rings (SSSR count). The predicted molar refractivity (Wildman–Crippen MR) is 137 cm³/mol. The van der Waals surface area contributed by atoms with Crippen LogP contribution in [0.25, 0.3) is 0 Å². The van der Waals surface area contributed by atoms with Gasteiger partial charge in [0.1, 0.15) is 0 Å². The van der Waals surface area contributed by atoms with Gasteiger partial charge in [-0.2, -0.15) is 0 Å². The van der Waals surface area contributed by atoms with Crippen molar-refractivity contribution in [1.29, 1.82) is 0 Å². The molecule has 0 aromatic rings. The number of hydrogen-bond acceptors (Lipinski definition) is 5. The van der Waals surface area contributed by atoms with E-state index in [2.05, 4.69) is 58.7 Å². The highest BCUT2D eigenvalue weighted by molar-refractivity contribution is 5.88. The van der Waals surface area contributed by atoms with E-state index < -0.39 is 0 Å².